The van der Waals surface area contributed by atoms with E-state index in [4.69, 9.17) is 11.6 Å². The molecule has 0 amide bonds. The van der Waals surface area contributed by atoms with Crippen LogP contribution in [0.4, 0.5) is 0 Å². The molecular weight excluding hydrogens is 136 g/mol. The molecule has 0 aromatic heterocycles. The Bertz CT molecular complexity index is 195. The van der Waals surface area contributed by atoms with Gasteiger partial charge in [0.1, 0.15) is 5.78 Å². The van der Waals surface area contributed by atoms with Gasteiger partial charge in [-0.1, -0.05) is 17.7 Å². The first-order valence-corrected chi connectivity index (χ1v) is 3.55. The first-order valence-electron chi connectivity index (χ1n) is 3.17. The van der Waals surface area contributed by atoms with Gasteiger partial charge in [-0.05, 0) is 6.42 Å². The van der Waals surface area contributed by atoms with Crippen LogP contribution >= 0.6 is 11.6 Å². The maximum absolute atomic E-state index is 10.9. The van der Waals surface area contributed by atoms with Crippen molar-refractivity contribution in [3.05, 3.63) is 11.1 Å². The molecule has 2 bridgehead atoms. The fourth-order valence-electron chi connectivity index (χ4n) is 1.61. The lowest BCUT2D eigenvalue weighted by Crippen LogP contribution is -2.04. The SMILES string of the molecule is O=C1CC2CC1C=C2Cl. The van der Waals surface area contributed by atoms with Gasteiger partial charge in [0.2, 0.25) is 0 Å². The second-order valence-corrected chi connectivity index (χ2v) is 3.20. The zero-order valence-electron chi connectivity index (χ0n) is 4.93. The number of carbonyl (C=O) groups is 1. The van der Waals surface area contributed by atoms with Crippen LogP contribution in [0.5, 0.6) is 0 Å². The number of hydrogen-bond acceptors (Lipinski definition) is 1. The number of fused-ring (bicyclic) bond motifs is 2. The molecule has 0 radical (unpaired) electrons. The van der Waals surface area contributed by atoms with E-state index >= 15 is 0 Å². The highest BCUT2D eigenvalue weighted by Crippen LogP contribution is 2.42. The second-order valence-electron chi connectivity index (χ2n) is 2.76. The van der Waals surface area contributed by atoms with Crippen molar-refractivity contribution in [2.45, 2.75) is 12.8 Å². The van der Waals surface area contributed by atoms with Gasteiger partial charge < -0.3 is 0 Å². The van der Waals surface area contributed by atoms with Crippen LogP contribution in [-0.4, -0.2) is 5.78 Å². The molecule has 2 atom stereocenters. The summed E-state index contributed by atoms with van der Waals surface area (Å²) in [6.45, 7) is 0. The lowest BCUT2D eigenvalue weighted by atomic mass is 10.1. The maximum atomic E-state index is 10.9. The zero-order chi connectivity index (χ0) is 6.43. The summed E-state index contributed by atoms with van der Waals surface area (Å²) in [5.74, 6) is 0.955. The third-order valence-electron chi connectivity index (χ3n) is 2.15. The lowest BCUT2D eigenvalue weighted by Gasteiger charge is -2.02. The van der Waals surface area contributed by atoms with Crippen molar-refractivity contribution in [2.75, 3.05) is 0 Å². The van der Waals surface area contributed by atoms with Gasteiger partial charge in [0.05, 0.1) is 0 Å². The maximum Gasteiger partial charge on any atom is 0.140 e. The number of hydrogen-bond donors (Lipinski definition) is 0. The average Bonchev–Trinajstić information content (AvgIpc) is 2.24. The number of carbonyl (C=O) groups excluding carboxylic acids is 1. The van der Waals surface area contributed by atoms with E-state index in [1.165, 1.54) is 0 Å². The molecule has 2 aliphatic rings. The Kier molecular flexibility index (Phi) is 0.974. The van der Waals surface area contributed by atoms with Gasteiger partial charge in [0.25, 0.3) is 0 Å². The van der Waals surface area contributed by atoms with Crippen LogP contribution < -0.4 is 0 Å². The van der Waals surface area contributed by atoms with Crippen molar-refractivity contribution in [2.24, 2.45) is 11.8 Å². The van der Waals surface area contributed by atoms with Gasteiger partial charge in [-0.25, -0.2) is 0 Å². The largest absolute Gasteiger partial charge is 0.299 e. The fourth-order valence-corrected chi connectivity index (χ4v) is 1.93. The number of rotatable bonds is 0. The minimum atomic E-state index is 0.183. The lowest BCUT2D eigenvalue weighted by molar-refractivity contribution is -0.119. The Morgan fingerprint density at radius 3 is 2.78 bits per heavy atom. The summed E-state index contributed by atoms with van der Waals surface area (Å²) in [6.07, 6.45) is 3.58. The Hall–Kier alpha value is -0.300. The highest BCUT2D eigenvalue weighted by Gasteiger charge is 2.38. The van der Waals surface area contributed by atoms with E-state index in [0.717, 1.165) is 11.5 Å². The van der Waals surface area contributed by atoms with Gasteiger partial charge in [0.15, 0.2) is 0 Å². The Morgan fingerprint density at radius 2 is 2.44 bits per heavy atom. The summed E-state index contributed by atoms with van der Waals surface area (Å²) in [6, 6.07) is 0. The molecule has 0 heterocycles. The molecule has 2 aliphatic carbocycles. The third kappa shape index (κ3) is 0.645. The summed E-state index contributed by atoms with van der Waals surface area (Å²) in [5, 5.41) is 0.916. The van der Waals surface area contributed by atoms with Crippen LogP contribution in [0.15, 0.2) is 11.1 Å². The van der Waals surface area contributed by atoms with E-state index in [-0.39, 0.29) is 5.92 Å². The van der Waals surface area contributed by atoms with Crippen LogP contribution in [0.2, 0.25) is 0 Å². The molecule has 1 fully saturated rings. The summed E-state index contributed by atoms with van der Waals surface area (Å²) < 4.78 is 0. The van der Waals surface area contributed by atoms with E-state index in [1.54, 1.807) is 0 Å². The predicted octanol–water partition coefficient (Wildman–Crippen LogP) is 1.72. The Morgan fingerprint density at radius 1 is 1.67 bits per heavy atom. The fraction of sp³-hybridized carbons (Fsp3) is 0.571. The summed E-state index contributed by atoms with van der Waals surface area (Å²) >= 11 is 5.78. The van der Waals surface area contributed by atoms with Crippen molar-refractivity contribution < 1.29 is 4.79 Å². The molecular formula is C7H7ClO. The molecule has 2 heteroatoms. The van der Waals surface area contributed by atoms with Crippen LogP contribution in [0, 0.1) is 11.8 Å². The summed E-state index contributed by atoms with van der Waals surface area (Å²) in [7, 11) is 0. The number of ketones is 1. The van der Waals surface area contributed by atoms with Crippen LogP contribution in [0.3, 0.4) is 0 Å². The van der Waals surface area contributed by atoms with Gasteiger partial charge in [-0.15, -0.1) is 0 Å². The zero-order valence-corrected chi connectivity index (χ0v) is 5.69. The minimum absolute atomic E-state index is 0.183. The third-order valence-corrected chi connectivity index (χ3v) is 2.58. The molecule has 0 N–H and O–H groups in total. The van der Waals surface area contributed by atoms with Gasteiger partial charge >= 0.3 is 0 Å². The first kappa shape index (κ1) is 5.48. The molecule has 1 saturated carbocycles. The molecule has 0 saturated heterocycles. The van der Waals surface area contributed by atoms with Crippen LogP contribution in [0.25, 0.3) is 0 Å². The Balaban J connectivity index is 2.35. The molecule has 0 aromatic rings. The van der Waals surface area contributed by atoms with Gasteiger partial charge in [-0.3, -0.25) is 4.79 Å². The van der Waals surface area contributed by atoms with E-state index < -0.39 is 0 Å². The van der Waals surface area contributed by atoms with Gasteiger partial charge in [0, 0.05) is 23.3 Å². The minimum Gasteiger partial charge on any atom is -0.299 e. The van der Waals surface area contributed by atoms with Crippen molar-refractivity contribution in [3.8, 4) is 0 Å². The van der Waals surface area contributed by atoms with Crippen LogP contribution in [0.1, 0.15) is 12.8 Å². The van der Waals surface area contributed by atoms with Crippen molar-refractivity contribution in [3.63, 3.8) is 0 Å². The molecule has 0 aliphatic heterocycles. The highest BCUT2D eigenvalue weighted by molar-refractivity contribution is 6.30. The number of Topliss-reactive ketones (excluding diaryl/α,β-unsaturated/α-hetero) is 1. The molecule has 9 heavy (non-hydrogen) atoms. The quantitative estimate of drug-likeness (QED) is 0.503. The predicted molar refractivity (Wildman–Crippen MR) is 35.2 cm³/mol. The van der Waals surface area contributed by atoms with E-state index in [2.05, 4.69) is 0 Å². The second kappa shape index (κ2) is 1.60. The van der Waals surface area contributed by atoms with Gasteiger partial charge in [-0.2, -0.15) is 0 Å². The molecule has 2 rings (SSSR count). The average molecular weight is 143 g/mol. The van der Waals surface area contributed by atoms with Crippen molar-refractivity contribution >= 4 is 17.4 Å². The highest BCUT2D eigenvalue weighted by atomic mass is 35.5. The first-order chi connectivity index (χ1) is 4.27. The Labute approximate surface area is 58.7 Å². The molecule has 2 unspecified atom stereocenters. The molecule has 1 nitrogen and oxygen atoms in total. The summed E-state index contributed by atoms with van der Waals surface area (Å²) in [4.78, 5) is 10.9. The summed E-state index contributed by atoms with van der Waals surface area (Å²) in [5.41, 5.74) is 0. The molecule has 0 spiro atoms. The number of allylic oxidation sites excluding steroid dienone is 2. The van der Waals surface area contributed by atoms with E-state index in [1.807, 2.05) is 6.08 Å². The van der Waals surface area contributed by atoms with Crippen molar-refractivity contribution in [1.82, 2.24) is 0 Å². The van der Waals surface area contributed by atoms with Crippen LogP contribution in [-0.2, 0) is 4.79 Å². The van der Waals surface area contributed by atoms with E-state index in [9.17, 15) is 4.79 Å². The normalized spacial score (nSPS) is 39.7. The number of halogens is 1. The molecule has 0 aromatic carbocycles. The van der Waals surface area contributed by atoms with Crippen molar-refractivity contribution in [1.29, 1.82) is 0 Å². The standard InChI is InChI=1S/C7H7ClO/c8-6-2-5-1-4(6)3-7(5)9/h2,4-5H,1,3H2. The smallest absolute Gasteiger partial charge is 0.140 e. The molecule has 48 valence electrons. The van der Waals surface area contributed by atoms with E-state index in [0.29, 0.717) is 18.1 Å². The topological polar surface area (TPSA) is 17.1 Å². The monoisotopic (exact) mass is 142 g/mol.